The second-order valence-corrected chi connectivity index (χ2v) is 5.32. The zero-order chi connectivity index (χ0) is 17.2. The first-order chi connectivity index (χ1) is 12.2. The fourth-order valence-electron chi connectivity index (χ4n) is 2.45. The zero-order valence-corrected chi connectivity index (χ0v) is 13.4. The molecule has 0 saturated heterocycles. The summed E-state index contributed by atoms with van der Waals surface area (Å²) in [6.07, 6.45) is 1.64. The van der Waals surface area contributed by atoms with Gasteiger partial charge in [0, 0.05) is 11.6 Å². The number of benzene rings is 1. The summed E-state index contributed by atoms with van der Waals surface area (Å²) in [7, 11) is 1.63. The van der Waals surface area contributed by atoms with Crippen LogP contribution in [0.15, 0.2) is 41.1 Å². The maximum absolute atomic E-state index is 5.70. The van der Waals surface area contributed by atoms with Gasteiger partial charge in [-0.3, -0.25) is 5.10 Å². The van der Waals surface area contributed by atoms with E-state index in [9.17, 15) is 0 Å². The number of rotatable bonds is 5. The van der Waals surface area contributed by atoms with E-state index in [0.717, 1.165) is 22.4 Å². The average Bonchev–Trinajstić information content (AvgIpc) is 3.29. The highest BCUT2D eigenvalue weighted by atomic mass is 16.5. The van der Waals surface area contributed by atoms with Gasteiger partial charge in [0.15, 0.2) is 11.4 Å². The molecule has 0 spiro atoms. The largest absolute Gasteiger partial charge is 0.497 e. The molecule has 0 radical (unpaired) electrons. The summed E-state index contributed by atoms with van der Waals surface area (Å²) in [4.78, 5) is 8.26. The molecule has 4 N–H and O–H groups in total. The molecule has 0 aliphatic rings. The van der Waals surface area contributed by atoms with Crippen molar-refractivity contribution in [3.8, 4) is 17.0 Å². The first-order valence-corrected chi connectivity index (χ1v) is 7.53. The smallest absolute Gasteiger partial charge is 0.224 e. The van der Waals surface area contributed by atoms with Gasteiger partial charge in [-0.1, -0.05) is 5.16 Å². The number of anilines is 2. The van der Waals surface area contributed by atoms with Crippen LogP contribution < -0.4 is 15.8 Å². The minimum absolute atomic E-state index is 0.163. The van der Waals surface area contributed by atoms with Crippen molar-refractivity contribution in [3.05, 3.63) is 42.3 Å². The maximum atomic E-state index is 5.70. The molecule has 4 rings (SSSR count). The predicted molar refractivity (Wildman–Crippen MR) is 91.9 cm³/mol. The lowest BCUT2D eigenvalue weighted by Gasteiger charge is -2.04. The third-order valence-electron chi connectivity index (χ3n) is 3.70. The van der Waals surface area contributed by atoms with Gasteiger partial charge in [-0.05, 0) is 24.3 Å². The quantitative estimate of drug-likeness (QED) is 0.506. The van der Waals surface area contributed by atoms with Gasteiger partial charge in [0.05, 0.1) is 25.2 Å². The molecule has 0 atom stereocenters. The van der Waals surface area contributed by atoms with Crippen LogP contribution in [0.1, 0.15) is 5.76 Å². The number of methoxy groups -OCH3 is 1. The maximum Gasteiger partial charge on any atom is 0.224 e. The van der Waals surface area contributed by atoms with Crippen molar-refractivity contribution in [2.45, 2.75) is 6.54 Å². The summed E-state index contributed by atoms with van der Waals surface area (Å²) in [6.45, 7) is 0.403. The number of nitrogens with one attached hydrogen (secondary N) is 2. The Bertz CT molecular complexity index is 1010. The lowest BCUT2D eigenvalue weighted by molar-refractivity contribution is 0.390. The van der Waals surface area contributed by atoms with Gasteiger partial charge in [-0.15, -0.1) is 0 Å². The Labute approximate surface area is 142 Å². The van der Waals surface area contributed by atoms with E-state index in [2.05, 4.69) is 30.6 Å². The lowest BCUT2D eigenvalue weighted by Crippen LogP contribution is -2.04. The Morgan fingerprint density at radius 2 is 2.08 bits per heavy atom. The Morgan fingerprint density at radius 3 is 2.88 bits per heavy atom. The standard InChI is InChI=1S/C16H15N7O2/c1-24-10-4-2-9(3-5-10)13-6-11(25-23-13)7-18-14-12-8-19-22-15(12)21-16(17)20-14/h2-6,8H,7H2,1H3,(H4,17,18,19,20,21,22). The molecule has 0 saturated carbocycles. The summed E-state index contributed by atoms with van der Waals surface area (Å²) in [6, 6.07) is 9.47. The van der Waals surface area contributed by atoms with Gasteiger partial charge < -0.3 is 20.3 Å². The molecule has 126 valence electrons. The number of ether oxygens (including phenoxy) is 1. The van der Waals surface area contributed by atoms with Gasteiger partial charge in [0.1, 0.15) is 17.3 Å². The van der Waals surface area contributed by atoms with E-state index in [4.69, 9.17) is 15.0 Å². The molecule has 0 fully saturated rings. The fourth-order valence-corrected chi connectivity index (χ4v) is 2.45. The molecule has 0 bridgehead atoms. The molecular formula is C16H15N7O2. The number of H-pyrrole nitrogens is 1. The SMILES string of the molecule is COc1ccc(-c2cc(CNc3nc(N)nc4[nH]ncc34)on2)cc1. The van der Waals surface area contributed by atoms with Crippen LogP contribution in [0.2, 0.25) is 0 Å². The Morgan fingerprint density at radius 1 is 1.24 bits per heavy atom. The van der Waals surface area contributed by atoms with Gasteiger partial charge in [0.2, 0.25) is 5.95 Å². The number of hydrogen-bond acceptors (Lipinski definition) is 8. The molecule has 9 heteroatoms. The van der Waals surface area contributed by atoms with Gasteiger partial charge in [-0.2, -0.15) is 15.1 Å². The third kappa shape index (κ3) is 2.94. The van der Waals surface area contributed by atoms with Crippen LogP contribution in [0.5, 0.6) is 5.75 Å². The summed E-state index contributed by atoms with van der Waals surface area (Å²) in [5, 5.41) is 14.7. The number of hydrogen-bond donors (Lipinski definition) is 3. The van der Waals surface area contributed by atoms with Crippen molar-refractivity contribution in [3.63, 3.8) is 0 Å². The molecule has 0 aliphatic heterocycles. The third-order valence-corrected chi connectivity index (χ3v) is 3.70. The Hall–Kier alpha value is -3.62. The van der Waals surface area contributed by atoms with Crippen LogP contribution in [0.3, 0.4) is 0 Å². The van der Waals surface area contributed by atoms with Crippen LogP contribution in [0, 0.1) is 0 Å². The summed E-state index contributed by atoms with van der Waals surface area (Å²) >= 11 is 0. The van der Waals surface area contributed by atoms with Gasteiger partial charge in [0.25, 0.3) is 0 Å². The predicted octanol–water partition coefficient (Wildman–Crippen LogP) is 2.21. The van der Waals surface area contributed by atoms with Crippen molar-refractivity contribution in [2.24, 2.45) is 0 Å². The highest BCUT2D eigenvalue weighted by molar-refractivity contribution is 5.86. The number of fused-ring (bicyclic) bond motifs is 1. The van der Waals surface area contributed by atoms with Crippen molar-refractivity contribution in [1.29, 1.82) is 0 Å². The zero-order valence-electron chi connectivity index (χ0n) is 13.4. The minimum Gasteiger partial charge on any atom is -0.497 e. The molecule has 3 heterocycles. The number of aromatic amines is 1. The first-order valence-electron chi connectivity index (χ1n) is 7.53. The van der Waals surface area contributed by atoms with E-state index < -0.39 is 0 Å². The van der Waals surface area contributed by atoms with Crippen molar-refractivity contribution in [2.75, 3.05) is 18.2 Å². The number of nitrogen functional groups attached to an aromatic ring is 1. The number of aromatic nitrogens is 5. The van der Waals surface area contributed by atoms with E-state index in [1.54, 1.807) is 13.3 Å². The van der Waals surface area contributed by atoms with Crippen LogP contribution in [0.25, 0.3) is 22.3 Å². The van der Waals surface area contributed by atoms with Crippen LogP contribution >= 0.6 is 0 Å². The first kappa shape index (κ1) is 14.9. The molecule has 9 nitrogen and oxygen atoms in total. The van der Waals surface area contributed by atoms with E-state index in [0.29, 0.717) is 23.8 Å². The van der Waals surface area contributed by atoms with Crippen LogP contribution in [-0.2, 0) is 6.54 Å². The van der Waals surface area contributed by atoms with Gasteiger partial charge in [-0.25, -0.2) is 0 Å². The van der Waals surface area contributed by atoms with E-state index >= 15 is 0 Å². The van der Waals surface area contributed by atoms with Gasteiger partial charge >= 0.3 is 0 Å². The topological polar surface area (TPSA) is 128 Å². The normalized spacial score (nSPS) is 10.9. The highest BCUT2D eigenvalue weighted by Crippen LogP contribution is 2.23. The number of nitrogens with zero attached hydrogens (tertiary/aromatic N) is 4. The lowest BCUT2D eigenvalue weighted by atomic mass is 10.1. The molecule has 3 aromatic heterocycles. The van der Waals surface area contributed by atoms with Crippen LogP contribution in [0.4, 0.5) is 11.8 Å². The van der Waals surface area contributed by atoms with E-state index in [1.165, 1.54) is 0 Å². The second kappa shape index (κ2) is 6.11. The van der Waals surface area contributed by atoms with Crippen LogP contribution in [-0.4, -0.2) is 32.4 Å². The van der Waals surface area contributed by atoms with Crippen molar-refractivity contribution < 1.29 is 9.26 Å². The second-order valence-electron chi connectivity index (χ2n) is 5.32. The molecule has 25 heavy (non-hydrogen) atoms. The molecule has 0 aliphatic carbocycles. The van der Waals surface area contributed by atoms with Crippen molar-refractivity contribution >= 4 is 22.8 Å². The van der Waals surface area contributed by atoms with E-state index in [1.807, 2.05) is 30.3 Å². The molecule has 4 aromatic rings. The minimum atomic E-state index is 0.163. The Kier molecular flexibility index (Phi) is 3.65. The average molecular weight is 337 g/mol. The summed E-state index contributed by atoms with van der Waals surface area (Å²) < 4.78 is 10.5. The molecule has 0 unspecified atom stereocenters. The summed E-state index contributed by atoms with van der Waals surface area (Å²) in [5.41, 5.74) is 7.97. The number of nitrogens with two attached hydrogens (primary N) is 1. The van der Waals surface area contributed by atoms with Crippen molar-refractivity contribution in [1.82, 2.24) is 25.3 Å². The monoisotopic (exact) mass is 337 g/mol. The fraction of sp³-hybridized carbons (Fsp3) is 0.125. The Balaban J connectivity index is 1.51. The molecule has 1 aromatic carbocycles. The van der Waals surface area contributed by atoms with E-state index in [-0.39, 0.29) is 5.95 Å². The molecule has 0 amide bonds. The highest BCUT2D eigenvalue weighted by Gasteiger charge is 2.10. The summed E-state index contributed by atoms with van der Waals surface area (Å²) in [5.74, 6) is 2.20. The molecular weight excluding hydrogens is 322 g/mol.